The summed E-state index contributed by atoms with van der Waals surface area (Å²) in [4.78, 5) is 24.1. The standard InChI is InChI=1S/C21H22F3N5O3S/c1-19(2)18(25)29-20(11-33(19,31)32)7-3-4-12-5-6-14(8-15(12)20)28-17(30)16-26-9-13(10-27-16)21(22,23)24/h5-6,8-10H,3-4,7,11H2,1-2H3,(H2,25,29)(H,28,30). The van der Waals surface area contributed by atoms with Crippen LogP contribution in [-0.2, 0) is 28.0 Å². The highest BCUT2D eigenvalue weighted by atomic mass is 32.2. The first-order valence-electron chi connectivity index (χ1n) is 10.2. The number of halogens is 3. The lowest BCUT2D eigenvalue weighted by Crippen LogP contribution is -2.56. The molecule has 0 fully saturated rings. The number of benzene rings is 1. The van der Waals surface area contributed by atoms with Gasteiger partial charge in [-0.15, -0.1) is 0 Å². The van der Waals surface area contributed by atoms with E-state index in [1.54, 1.807) is 18.2 Å². The predicted octanol–water partition coefficient (Wildman–Crippen LogP) is 2.84. The fourth-order valence-electron chi connectivity index (χ4n) is 4.11. The normalized spacial score (nSPS) is 23.5. The van der Waals surface area contributed by atoms with Gasteiger partial charge in [-0.3, -0.25) is 9.79 Å². The number of amidine groups is 1. The number of nitrogens with two attached hydrogens (primary N) is 1. The molecule has 1 aromatic heterocycles. The van der Waals surface area contributed by atoms with Crippen molar-refractivity contribution in [3.63, 3.8) is 0 Å². The molecule has 33 heavy (non-hydrogen) atoms. The topological polar surface area (TPSA) is 127 Å². The van der Waals surface area contributed by atoms with E-state index in [1.807, 2.05) is 0 Å². The van der Waals surface area contributed by atoms with Crippen LogP contribution >= 0.6 is 0 Å². The van der Waals surface area contributed by atoms with Crippen molar-refractivity contribution in [1.82, 2.24) is 9.97 Å². The van der Waals surface area contributed by atoms with Gasteiger partial charge in [0.25, 0.3) is 5.91 Å². The Hall–Kier alpha value is -3.02. The smallest absolute Gasteiger partial charge is 0.386 e. The monoisotopic (exact) mass is 481 g/mol. The van der Waals surface area contributed by atoms with Crippen molar-refractivity contribution < 1.29 is 26.4 Å². The lowest BCUT2D eigenvalue weighted by Gasteiger charge is -2.43. The number of carbonyl (C=O) groups excluding carboxylic acids is 1. The summed E-state index contributed by atoms with van der Waals surface area (Å²) in [5.74, 6) is -1.40. The molecule has 0 saturated heterocycles. The molecule has 1 aliphatic heterocycles. The molecular weight excluding hydrogens is 459 g/mol. The molecule has 1 unspecified atom stereocenters. The highest BCUT2D eigenvalue weighted by Crippen LogP contribution is 2.45. The minimum Gasteiger partial charge on any atom is -0.386 e. The molecule has 3 N–H and O–H groups in total. The zero-order chi connectivity index (χ0) is 24.2. The van der Waals surface area contributed by atoms with E-state index in [-0.39, 0.29) is 11.6 Å². The molecule has 2 aliphatic rings. The number of aromatic nitrogens is 2. The molecule has 1 aromatic carbocycles. The van der Waals surface area contributed by atoms with Crippen molar-refractivity contribution in [2.24, 2.45) is 10.7 Å². The van der Waals surface area contributed by atoms with Crippen molar-refractivity contribution in [2.75, 3.05) is 11.1 Å². The van der Waals surface area contributed by atoms with Gasteiger partial charge in [-0.2, -0.15) is 13.2 Å². The summed E-state index contributed by atoms with van der Waals surface area (Å²) in [5.41, 5.74) is 5.84. The number of carbonyl (C=O) groups is 1. The zero-order valence-electron chi connectivity index (χ0n) is 17.9. The molecule has 1 spiro atoms. The number of alkyl halides is 3. The predicted molar refractivity (Wildman–Crippen MR) is 116 cm³/mol. The second-order valence-corrected chi connectivity index (χ2v) is 11.3. The lowest BCUT2D eigenvalue weighted by molar-refractivity contribution is -0.138. The van der Waals surface area contributed by atoms with Gasteiger partial charge < -0.3 is 11.1 Å². The molecule has 1 amide bonds. The van der Waals surface area contributed by atoms with Gasteiger partial charge in [0, 0.05) is 18.1 Å². The van der Waals surface area contributed by atoms with Crippen LogP contribution in [0.1, 0.15) is 54.0 Å². The number of anilines is 1. The molecule has 176 valence electrons. The Bertz CT molecular complexity index is 1260. The highest BCUT2D eigenvalue weighted by molar-refractivity contribution is 7.93. The van der Waals surface area contributed by atoms with Gasteiger partial charge in [0.15, 0.2) is 9.84 Å². The summed E-state index contributed by atoms with van der Waals surface area (Å²) < 4.78 is 62.8. The van der Waals surface area contributed by atoms with Crippen LogP contribution in [0.3, 0.4) is 0 Å². The molecule has 2 aromatic rings. The molecule has 12 heteroatoms. The zero-order valence-corrected chi connectivity index (χ0v) is 18.7. The molecule has 0 saturated carbocycles. The van der Waals surface area contributed by atoms with Crippen molar-refractivity contribution in [1.29, 1.82) is 0 Å². The SMILES string of the molecule is CC1(C)C(N)=NC2(CCCc3ccc(NC(=O)c4ncc(C(F)(F)F)cn4)cc32)CS1(=O)=O. The van der Waals surface area contributed by atoms with E-state index >= 15 is 0 Å². The van der Waals surface area contributed by atoms with E-state index < -0.39 is 43.6 Å². The number of sulfone groups is 1. The van der Waals surface area contributed by atoms with Crippen LogP contribution in [0.4, 0.5) is 18.9 Å². The average Bonchev–Trinajstić information content (AvgIpc) is 2.72. The average molecular weight is 482 g/mol. The van der Waals surface area contributed by atoms with Gasteiger partial charge in [0.2, 0.25) is 5.82 Å². The molecule has 4 rings (SSSR count). The fraction of sp³-hybridized carbons (Fsp3) is 0.429. The Kier molecular flexibility index (Phi) is 5.26. The summed E-state index contributed by atoms with van der Waals surface area (Å²) >= 11 is 0. The van der Waals surface area contributed by atoms with Gasteiger partial charge in [-0.1, -0.05) is 6.07 Å². The van der Waals surface area contributed by atoms with E-state index in [4.69, 9.17) is 5.73 Å². The van der Waals surface area contributed by atoms with Crippen LogP contribution in [-0.4, -0.2) is 40.6 Å². The number of fused-ring (bicyclic) bond motifs is 2. The number of rotatable bonds is 2. The maximum Gasteiger partial charge on any atom is 0.419 e. The van der Waals surface area contributed by atoms with Crippen molar-refractivity contribution in [3.05, 3.63) is 53.1 Å². The van der Waals surface area contributed by atoms with Gasteiger partial charge in [0.1, 0.15) is 16.1 Å². The lowest BCUT2D eigenvalue weighted by atomic mass is 9.77. The van der Waals surface area contributed by atoms with Gasteiger partial charge in [-0.05, 0) is 56.4 Å². The highest BCUT2D eigenvalue weighted by Gasteiger charge is 2.51. The third-order valence-corrected chi connectivity index (χ3v) is 8.87. The molecule has 1 aliphatic carbocycles. The van der Waals surface area contributed by atoms with Crippen LogP contribution in [0, 0.1) is 0 Å². The van der Waals surface area contributed by atoms with Crippen LogP contribution in [0.5, 0.6) is 0 Å². The van der Waals surface area contributed by atoms with Crippen molar-refractivity contribution in [2.45, 2.75) is 49.6 Å². The maximum atomic E-state index is 13.0. The minimum atomic E-state index is -4.61. The first-order valence-corrected chi connectivity index (χ1v) is 11.8. The van der Waals surface area contributed by atoms with E-state index in [0.717, 1.165) is 12.0 Å². The summed E-state index contributed by atoms with van der Waals surface area (Å²) in [5, 5.41) is 2.56. The summed E-state index contributed by atoms with van der Waals surface area (Å²) in [7, 11) is -3.61. The third-order valence-electron chi connectivity index (χ3n) is 6.25. The second-order valence-electron chi connectivity index (χ2n) is 8.77. The molecule has 0 bridgehead atoms. The number of aliphatic imine (C=N–C) groups is 1. The van der Waals surface area contributed by atoms with Crippen molar-refractivity contribution in [3.8, 4) is 0 Å². The van der Waals surface area contributed by atoms with Gasteiger partial charge in [-0.25, -0.2) is 18.4 Å². The number of nitrogens with zero attached hydrogens (tertiary/aromatic N) is 3. The number of hydrogen-bond donors (Lipinski definition) is 2. The molecule has 8 nitrogen and oxygen atoms in total. The summed E-state index contributed by atoms with van der Waals surface area (Å²) in [6.07, 6.45) is -1.61. The van der Waals surface area contributed by atoms with Crippen LogP contribution in [0.25, 0.3) is 0 Å². The number of amides is 1. The van der Waals surface area contributed by atoms with E-state index in [2.05, 4.69) is 20.3 Å². The number of hydrogen-bond acceptors (Lipinski definition) is 7. The van der Waals surface area contributed by atoms with Crippen LogP contribution in [0.2, 0.25) is 0 Å². The van der Waals surface area contributed by atoms with E-state index in [0.29, 0.717) is 36.5 Å². The summed E-state index contributed by atoms with van der Waals surface area (Å²) in [6.45, 7) is 3.05. The molecular formula is C21H22F3N5O3S. The van der Waals surface area contributed by atoms with Gasteiger partial charge in [0.05, 0.1) is 11.3 Å². The van der Waals surface area contributed by atoms with E-state index in [9.17, 15) is 26.4 Å². The Morgan fingerprint density at radius 3 is 2.45 bits per heavy atom. The Labute approximate surface area is 188 Å². The third kappa shape index (κ3) is 3.96. The Morgan fingerprint density at radius 2 is 1.85 bits per heavy atom. The quantitative estimate of drug-likeness (QED) is 0.679. The first-order chi connectivity index (χ1) is 15.3. The molecule has 1 atom stereocenters. The maximum absolute atomic E-state index is 13.0. The van der Waals surface area contributed by atoms with Crippen LogP contribution in [0.15, 0.2) is 35.6 Å². The molecule has 2 heterocycles. The number of aryl methyl sites for hydroxylation is 1. The minimum absolute atomic E-state index is 0.0363. The second kappa shape index (κ2) is 7.51. The Morgan fingerprint density at radius 1 is 1.18 bits per heavy atom. The summed E-state index contributed by atoms with van der Waals surface area (Å²) in [6, 6.07) is 5.05. The fourth-order valence-corrected chi connectivity index (χ4v) is 5.83. The molecule has 0 radical (unpaired) electrons. The largest absolute Gasteiger partial charge is 0.419 e. The number of nitrogens with one attached hydrogen (secondary N) is 1. The Balaban J connectivity index is 1.67. The first kappa shape index (κ1) is 23.1. The van der Waals surface area contributed by atoms with E-state index in [1.165, 1.54) is 13.8 Å². The van der Waals surface area contributed by atoms with Crippen molar-refractivity contribution >= 4 is 27.3 Å². The van der Waals surface area contributed by atoms with Gasteiger partial charge >= 0.3 is 6.18 Å². The van der Waals surface area contributed by atoms with Crippen LogP contribution < -0.4 is 11.1 Å².